The average Bonchev–Trinajstić information content (AvgIpc) is 2.38. The summed E-state index contributed by atoms with van der Waals surface area (Å²) in [7, 11) is 0. The van der Waals surface area contributed by atoms with E-state index in [1.807, 2.05) is 19.9 Å². The van der Waals surface area contributed by atoms with Crippen LogP contribution in [-0.4, -0.2) is 38.4 Å². The summed E-state index contributed by atoms with van der Waals surface area (Å²) in [6.07, 6.45) is 2.29. The highest BCUT2D eigenvalue weighted by molar-refractivity contribution is 5.81. The Labute approximate surface area is 107 Å². The molecule has 0 saturated carbocycles. The van der Waals surface area contributed by atoms with Crippen molar-refractivity contribution >= 4 is 12.1 Å². The largest absolute Gasteiger partial charge is 0.495 e. The van der Waals surface area contributed by atoms with Crippen molar-refractivity contribution in [2.24, 2.45) is 0 Å². The van der Waals surface area contributed by atoms with Crippen molar-refractivity contribution in [3.05, 3.63) is 24.5 Å². The molecule has 0 fully saturated rings. The first kappa shape index (κ1) is 16.0. The minimum atomic E-state index is -0.577. The van der Waals surface area contributed by atoms with Crippen molar-refractivity contribution in [3.63, 3.8) is 0 Å². The molecular formula is C12H19NO5. The summed E-state index contributed by atoms with van der Waals surface area (Å²) in [5, 5.41) is 2.42. The summed E-state index contributed by atoms with van der Waals surface area (Å²) in [4.78, 5) is 21.8. The summed E-state index contributed by atoms with van der Waals surface area (Å²) < 4.78 is 14.7. The van der Waals surface area contributed by atoms with E-state index in [2.05, 4.69) is 16.6 Å². The molecule has 0 bridgehead atoms. The van der Waals surface area contributed by atoms with Crippen LogP contribution in [0.15, 0.2) is 24.5 Å². The fourth-order valence-corrected chi connectivity index (χ4v) is 0.835. The lowest BCUT2D eigenvalue weighted by Gasteiger charge is -2.08. The summed E-state index contributed by atoms with van der Waals surface area (Å²) in [6, 6.07) is 0. The van der Waals surface area contributed by atoms with Gasteiger partial charge in [0.25, 0.3) is 0 Å². The molecule has 0 aliphatic heterocycles. The van der Waals surface area contributed by atoms with Crippen molar-refractivity contribution in [2.45, 2.75) is 13.8 Å². The molecule has 1 N–H and O–H groups in total. The van der Waals surface area contributed by atoms with Crippen molar-refractivity contribution in [3.8, 4) is 0 Å². The smallest absolute Gasteiger partial charge is 0.407 e. The van der Waals surface area contributed by atoms with E-state index >= 15 is 0 Å². The zero-order chi connectivity index (χ0) is 13.8. The van der Waals surface area contributed by atoms with Crippen molar-refractivity contribution < 1.29 is 23.8 Å². The first-order chi connectivity index (χ1) is 8.60. The molecule has 6 nitrogen and oxygen atoms in total. The van der Waals surface area contributed by atoms with E-state index in [9.17, 15) is 9.59 Å². The zero-order valence-corrected chi connectivity index (χ0v) is 10.7. The second kappa shape index (κ2) is 10.2. The van der Waals surface area contributed by atoms with E-state index in [4.69, 9.17) is 9.47 Å². The maximum atomic E-state index is 11.1. The number of esters is 1. The minimum Gasteiger partial charge on any atom is -0.495 e. The van der Waals surface area contributed by atoms with Crippen LogP contribution in [0.3, 0.4) is 0 Å². The summed E-state index contributed by atoms with van der Waals surface area (Å²) >= 11 is 0. The molecule has 0 heterocycles. The summed E-state index contributed by atoms with van der Waals surface area (Å²) in [6.45, 7) is 7.63. The van der Waals surface area contributed by atoms with E-state index in [0.717, 1.165) is 11.8 Å². The molecule has 0 aromatic rings. The summed E-state index contributed by atoms with van der Waals surface area (Å²) in [5.74, 6) is 0.246. The van der Waals surface area contributed by atoms with Crippen molar-refractivity contribution in [1.29, 1.82) is 0 Å². The monoisotopic (exact) mass is 257 g/mol. The Hall–Kier alpha value is -1.98. The molecule has 102 valence electrons. The Kier molecular flexibility index (Phi) is 9.07. The third-order valence-corrected chi connectivity index (χ3v) is 1.84. The van der Waals surface area contributed by atoms with Crippen LogP contribution in [0.25, 0.3) is 0 Å². The molecule has 0 aliphatic rings. The average molecular weight is 257 g/mol. The van der Waals surface area contributed by atoms with Gasteiger partial charge in [-0.15, -0.1) is 0 Å². The van der Waals surface area contributed by atoms with Gasteiger partial charge in [-0.2, -0.15) is 0 Å². The standard InChI is InChI=1S/C12H19NO5/c1-4-10(3)16-8-9-18-12(15)13-6-7-17-11(14)5-2/h4-5H,2,6-9H2,1,3H3,(H,13,15)/b10-4+. The van der Waals surface area contributed by atoms with Crippen LogP contribution >= 0.6 is 0 Å². The second-order valence-electron chi connectivity index (χ2n) is 3.18. The highest BCUT2D eigenvalue weighted by atomic mass is 16.6. The number of amides is 1. The van der Waals surface area contributed by atoms with Crippen LogP contribution in [0.1, 0.15) is 13.8 Å². The molecule has 0 aromatic carbocycles. The number of ether oxygens (including phenoxy) is 3. The van der Waals surface area contributed by atoms with E-state index in [1.165, 1.54) is 0 Å². The van der Waals surface area contributed by atoms with Crippen LogP contribution in [0.2, 0.25) is 0 Å². The van der Waals surface area contributed by atoms with Crippen LogP contribution in [0.5, 0.6) is 0 Å². The number of carbonyl (C=O) groups excluding carboxylic acids is 2. The van der Waals surface area contributed by atoms with Crippen molar-refractivity contribution in [2.75, 3.05) is 26.4 Å². The van der Waals surface area contributed by atoms with E-state index < -0.39 is 12.1 Å². The molecule has 18 heavy (non-hydrogen) atoms. The second-order valence-corrected chi connectivity index (χ2v) is 3.18. The lowest BCUT2D eigenvalue weighted by Crippen LogP contribution is -2.29. The number of carbonyl (C=O) groups is 2. The van der Waals surface area contributed by atoms with Gasteiger partial charge < -0.3 is 19.5 Å². The van der Waals surface area contributed by atoms with E-state index in [1.54, 1.807) is 0 Å². The molecule has 0 atom stereocenters. The van der Waals surface area contributed by atoms with Crippen molar-refractivity contribution in [1.82, 2.24) is 5.32 Å². The Morgan fingerprint density at radius 2 is 1.83 bits per heavy atom. The number of allylic oxidation sites excluding steroid dienone is 2. The van der Waals surface area contributed by atoms with Crippen LogP contribution < -0.4 is 5.32 Å². The SMILES string of the molecule is C=CC(=O)OCCNC(=O)OCCO/C(C)=C/C. The van der Waals surface area contributed by atoms with E-state index in [-0.39, 0.29) is 19.8 Å². The maximum Gasteiger partial charge on any atom is 0.407 e. The van der Waals surface area contributed by atoms with Gasteiger partial charge in [0.05, 0.1) is 12.3 Å². The quantitative estimate of drug-likeness (QED) is 0.308. The summed E-state index contributed by atoms with van der Waals surface area (Å²) in [5.41, 5.74) is 0. The lowest BCUT2D eigenvalue weighted by atomic mass is 10.5. The van der Waals surface area contributed by atoms with Crippen LogP contribution in [0, 0.1) is 0 Å². The number of rotatable bonds is 8. The predicted octanol–water partition coefficient (Wildman–Crippen LogP) is 1.38. The molecule has 0 aliphatic carbocycles. The topological polar surface area (TPSA) is 73.9 Å². The Bertz CT molecular complexity index is 300. The van der Waals surface area contributed by atoms with Gasteiger partial charge >= 0.3 is 12.1 Å². The van der Waals surface area contributed by atoms with Gasteiger partial charge in [-0.25, -0.2) is 9.59 Å². The third kappa shape index (κ3) is 9.26. The van der Waals surface area contributed by atoms with Gasteiger partial charge in [-0.3, -0.25) is 0 Å². The fourth-order valence-electron chi connectivity index (χ4n) is 0.835. The van der Waals surface area contributed by atoms with Gasteiger partial charge in [-0.1, -0.05) is 12.7 Å². The van der Waals surface area contributed by atoms with E-state index in [0.29, 0.717) is 6.61 Å². The molecule has 0 spiro atoms. The van der Waals surface area contributed by atoms with Gasteiger partial charge in [0.1, 0.15) is 19.8 Å². The molecule has 0 unspecified atom stereocenters. The molecule has 0 saturated heterocycles. The van der Waals surface area contributed by atoms with Gasteiger partial charge in [0.15, 0.2) is 0 Å². The first-order valence-corrected chi connectivity index (χ1v) is 5.55. The predicted molar refractivity (Wildman–Crippen MR) is 65.9 cm³/mol. The van der Waals surface area contributed by atoms with Crippen LogP contribution in [0.4, 0.5) is 4.79 Å². The van der Waals surface area contributed by atoms with Gasteiger partial charge in [0.2, 0.25) is 0 Å². The zero-order valence-electron chi connectivity index (χ0n) is 10.7. The Morgan fingerprint density at radius 1 is 1.17 bits per heavy atom. The number of hydrogen-bond donors (Lipinski definition) is 1. The van der Waals surface area contributed by atoms with Gasteiger partial charge in [-0.05, 0) is 13.8 Å². The Morgan fingerprint density at radius 3 is 2.44 bits per heavy atom. The highest BCUT2D eigenvalue weighted by Crippen LogP contribution is 1.93. The third-order valence-electron chi connectivity index (χ3n) is 1.84. The molecule has 1 amide bonds. The normalized spacial score (nSPS) is 10.4. The minimum absolute atomic E-state index is 0.0775. The fraction of sp³-hybridized carbons (Fsp3) is 0.500. The first-order valence-electron chi connectivity index (χ1n) is 5.55. The highest BCUT2D eigenvalue weighted by Gasteiger charge is 2.01. The maximum absolute atomic E-state index is 11.1. The molecule has 6 heteroatoms. The number of hydrogen-bond acceptors (Lipinski definition) is 5. The lowest BCUT2D eigenvalue weighted by molar-refractivity contribution is -0.137. The number of nitrogens with one attached hydrogen (secondary N) is 1. The van der Waals surface area contributed by atoms with Gasteiger partial charge in [0, 0.05) is 6.08 Å². The molecular weight excluding hydrogens is 238 g/mol. The van der Waals surface area contributed by atoms with Crippen LogP contribution in [-0.2, 0) is 19.0 Å². The molecule has 0 radical (unpaired) electrons. The molecule has 0 aromatic heterocycles. The molecule has 0 rings (SSSR count). The number of alkyl carbamates (subject to hydrolysis) is 1. The Balaban J connectivity index is 3.43.